The Morgan fingerprint density at radius 1 is 1.20 bits per heavy atom. The van der Waals surface area contributed by atoms with Crippen molar-refractivity contribution in [3.63, 3.8) is 0 Å². The molecule has 2 aliphatic heterocycles. The van der Waals surface area contributed by atoms with Crippen molar-refractivity contribution in [3.05, 3.63) is 35.0 Å². The Morgan fingerprint density at radius 3 is 3.00 bits per heavy atom. The summed E-state index contributed by atoms with van der Waals surface area (Å²) in [5, 5.41) is 4.83. The second-order valence-corrected chi connectivity index (χ2v) is 6.16. The number of ether oxygens (including phenoxy) is 1. The number of rotatable bonds is 2. The summed E-state index contributed by atoms with van der Waals surface area (Å²) >= 11 is 0. The van der Waals surface area contributed by atoms with Gasteiger partial charge in [0.15, 0.2) is 0 Å². The summed E-state index contributed by atoms with van der Waals surface area (Å²) < 4.78 is 5.62. The predicted molar refractivity (Wildman–Crippen MR) is 81.0 cm³/mol. The molecule has 2 N–H and O–H groups in total. The Labute approximate surface area is 119 Å². The van der Waals surface area contributed by atoms with E-state index in [9.17, 15) is 0 Å². The molecule has 3 nitrogen and oxygen atoms in total. The molecule has 0 radical (unpaired) electrons. The van der Waals surface area contributed by atoms with Crippen LogP contribution >= 0.6 is 0 Å². The van der Waals surface area contributed by atoms with E-state index >= 15 is 0 Å². The Kier molecular flexibility index (Phi) is 3.25. The maximum atomic E-state index is 5.62. The third-order valence-electron chi connectivity index (χ3n) is 4.78. The largest absolute Gasteiger partial charge is 0.376 e. The predicted octanol–water partition coefficient (Wildman–Crippen LogP) is 2.78. The molecule has 2 aliphatic rings. The van der Waals surface area contributed by atoms with Crippen LogP contribution in [0.15, 0.2) is 18.2 Å². The zero-order valence-corrected chi connectivity index (χ0v) is 11.9. The van der Waals surface area contributed by atoms with Crippen molar-refractivity contribution in [1.82, 2.24) is 10.3 Å². The van der Waals surface area contributed by atoms with Gasteiger partial charge < -0.3 is 15.0 Å². The minimum absolute atomic E-state index is 0.770. The van der Waals surface area contributed by atoms with Crippen LogP contribution in [0.1, 0.15) is 29.7 Å². The first-order valence-electron chi connectivity index (χ1n) is 7.81. The van der Waals surface area contributed by atoms with Crippen molar-refractivity contribution in [2.24, 2.45) is 5.92 Å². The van der Waals surface area contributed by atoms with Crippen LogP contribution in [0.5, 0.6) is 0 Å². The van der Waals surface area contributed by atoms with Gasteiger partial charge in [0.2, 0.25) is 0 Å². The maximum Gasteiger partial charge on any atom is 0.0740 e. The van der Waals surface area contributed by atoms with Crippen LogP contribution in [-0.4, -0.2) is 24.7 Å². The molecule has 2 aromatic rings. The molecule has 3 heterocycles. The lowest BCUT2D eigenvalue weighted by Crippen LogP contribution is -2.28. The molecular formula is C17H22N2O. The molecule has 0 aliphatic carbocycles. The van der Waals surface area contributed by atoms with Gasteiger partial charge in [-0.1, -0.05) is 6.07 Å². The molecule has 0 bridgehead atoms. The van der Waals surface area contributed by atoms with Crippen molar-refractivity contribution in [2.75, 3.05) is 19.7 Å². The van der Waals surface area contributed by atoms with E-state index in [-0.39, 0.29) is 0 Å². The number of nitrogens with one attached hydrogen (secondary N) is 2. The first kappa shape index (κ1) is 12.4. The highest BCUT2D eigenvalue weighted by molar-refractivity contribution is 5.85. The zero-order chi connectivity index (χ0) is 13.4. The minimum Gasteiger partial charge on any atom is -0.376 e. The number of piperidine rings is 1. The molecule has 0 amide bonds. The number of aromatic nitrogens is 1. The fourth-order valence-electron chi connectivity index (χ4n) is 3.62. The van der Waals surface area contributed by atoms with Crippen molar-refractivity contribution in [1.29, 1.82) is 0 Å². The van der Waals surface area contributed by atoms with E-state index in [1.165, 1.54) is 60.1 Å². The molecule has 106 valence electrons. The normalized spacial score (nSPS) is 20.2. The molecule has 3 heteroatoms. The summed E-state index contributed by atoms with van der Waals surface area (Å²) in [6.45, 7) is 3.98. The molecule has 0 unspecified atom stereocenters. The Morgan fingerprint density at radius 2 is 2.10 bits per heavy atom. The quantitative estimate of drug-likeness (QED) is 0.880. The van der Waals surface area contributed by atoms with Crippen molar-refractivity contribution >= 4 is 10.9 Å². The van der Waals surface area contributed by atoms with E-state index in [0.29, 0.717) is 0 Å². The fraction of sp³-hybridized carbons (Fsp3) is 0.529. The van der Waals surface area contributed by atoms with E-state index in [4.69, 9.17) is 4.74 Å². The second-order valence-electron chi connectivity index (χ2n) is 6.16. The zero-order valence-electron chi connectivity index (χ0n) is 11.9. The van der Waals surface area contributed by atoms with Crippen LogP contribution in [0.25, 0.3) is 10.9 Å². The number of aromatic amines is 1. The van der Waals surface area contributed by atoms with Crippen LogP contribution in [-0.2, 0) is 24.2 Å². The standard InChI is InChI=1S/C17H22N2O/c1-2-16-14(15-11-20-8-5-17(15)19-16)10-13(1)9-12-3-6-18-7-4-12/h1-2,10,12,18-19H,3-9,11H2. The molecule has 20 heavy (non-hydrogen) atoms. The van der Waals surface area contributed by atoms with Gasteiger partial charge in [-0.3, -0.25) is 0 Å². The summed E-state index contributed by atoms with van der Waals surface area (Å²) in [6, 6.07) is 6.94. The topological polar surface area (TPSA) is 37.0 Å². The Balaban J connectivity index is 1.63. The lowest BCUT2D eigenvalue weighted by molar-refractivity contribution is 0.111. The van der Waals surface area contributed by atoms with Gasteiger partial charge in [0.1, 0.15) is 0 Å². The van der Waals surface area contributed by atoms with E-state index in [2.05, 4.69) is 28.5 Å². The molecule has 1 saturated heterocycles. The van der Waals surface area contributed by atoms with Crippen molar-refractivity contribution in [3.8, 4) is 0 Å². The lowest BCUT2D eigenvalue weighted by Gasteiger charge is -2.22. The molecule has 1 aromatic carbocycles. The third kappa shape index (κ3) is 2.25. The van der Waals surface area contributed by atoms with Gasteiger partial charge in [-0.25, -0.2) is 0 Å². The molecule has 1 fully saturated rings. The van der Waals surface area contributed by atoms with Gasteiger partial charge in [0.05, 0.1) is 13.2 Å². The highest BCUT2D eigenvalue weighted by Gasteiger charge is 2.17. The smallest absolute Gasteiger partial charge is 0.0740 e. The molecule has 0 spiro atoms. The third-order valence-corrected chi connectivity index (χ3v) is 4.78. The molecule has 0 atom stereocenters. The SMILES string of the molecule is c1cc2[nH]c3c(c2cc1CC1CCNCC1)COCC3. The highest BCUT2D eigenvalue weighted by atomic mass is 16.5. The Hall–Kier alpha value is -1.32. The highest BCUT2D eigenvalue weighted by Crippen LogP contribution is 2.28. The molecule has 4 rings (SSSR count). The minimum atomic E-state index is 0.770. The number of hydrogen-bond acceptors (Lipinski definition) is 2. The summed E-state index contributed by atoms with van der Waals surface area (Å²) in [5.74, 6) is 0.847. The molecule has 1 aromatic heterocycles. The average molecular weight is 270 g/mol. The van der Waals surface area contributed by atoms with Crippen LogP contribution < -0.4 is 5.32 Å². The number of H-pyrrole nitrogens is 1. The van der Waals surface area contributed by atoms with E-state index < -0.39 is 0 Å². The first-order valence-corrected chi connectivity index (χ1v) is 7.81. The van der Waals surface area contributed by atoms with Crippen LogP contribution in [0, 0.1) is 5.92 Å². The number of benzene rings is 1. The van der Waals surface area contributed by atoms with E-state index in [0.717, 1.165) is 25.6 Å². The van der Waals surface area contributed by atoms with Gasteiger partial charge in [-0.15, -0.1) is 0 Å². The molecular weight excluding hydrogens is 248 g/mol. The maximum absolute atomic E-state index is 5.62. The Bertz CT molecular complexity index is 611. The van der Waals surface area contributed by atoms with Gasteiger partial charge in [-0.2, -0.15) is 0 Å². The summed E-state index contributed by atoms with van der Waals surface area (Å²) in [6.07, 6.45) is 4.87. The second kappa shape index (κ2) is 5.23. The van der Waals surface area contributed by atoms with E-state index in [1.807, 2.05) is 0 Å². The number of hydrogen-bond donors (Lipinski definition) is 2. The fourth-order valence-corrected chi connectivity index (χ4v) is 3.62. The van der Waals surface area contributed by atoms with Gasteiger partial charge >= 0.3 is 0 Å². The first-order chi connectivity index (χ1) is 9.90. The van der Waals surface area contributed by atoms with Crippen LogP contribution in [0.3, 0.4) is 0 Å². The van der Waals surface area contributed by atoms with Gasteiger partial charge in [-0.05, 0) is 56.0 Å². The van der Waals surface area contributed by atoms with Crippen molar-refractivity contribution in [2.45, 2.75) is 32.3 Å². The van der Waals surface area contributed by atoms with E-state index in [1.54, 1.807) is 0 Å². The monoisotopic (exact) mass is 270 g/mol. The average Bonchev–Trinajstić information content (AvgIpc) is 2.86. The number of fused-ring (bicyclic) bond motifs is 3. The lowest BCUT2D eigenvalue weighted by atomic mass is 9.90. The summed E-state index contributed by atoms with van der Waals surface area (Å²) in [7, 11) is 0. The van der Waals surface area contributed by atoms with Gasteiger partial charge in [0, 0.05) is 28.6 Å². The molecule has 0 saturated carbocycles. The van der Waals surface area contributed by atoms with Gasteiger partial charge in [0.25, 0.3) is 0 Å². The van der Waals surface area contributed by atoms with Crippen molar-refractivity contribution < 1.29 is 4.74 Å². The van der Waals surface area contributed by atoms with Crippen LogP contribution in [0.2, 0.25) is 0 Å². The van der Waals surface area contributed by atoms with Crippen LogP contribution in [0.4, 0.5) is 0 Å². The summed E-state index contributed by atoms with van der Waals surface area (Å²) in [5.41, 5.74) is 5.52. The summed E-state index contributed by atoms with van der Waals surface area (Å²) in [4.78, 5) is 3.56.